The summed E-state index contributed by atoms with van der Waals surface area (Å²) in [6.45, 7) is 3.18. The van der Waals surface area contributed by atoms with Crippen molar-refractivity contribution in [2.45, 2.75) is 31.6 Å². The van der Waals surface area contributed by atoms with Crippen LogP contribution in [0.5, 0.6) is 0 Å². The Morgan fingerprint density at radius 1 is 1.58 bits per heavy atom. The number of nitrogens with one attached hydrogen (secondary N) is 1. The van der Waals surface area contributed by atoms with Crippen LogP contribution in [0, 0.1) is 17.1 Å². The molecule has 2 unspecified atom stereocenters. The molecule has 2 N–H and O–H groups in total. The minimum atomic E-state index is -0.870. The number of ether oxygens (including phenoxy) is 1. The van der Waals surface area contributed by atoms with Gasteiger partial charge in [-0.25, -0.2) is 4.39 Å². The standard InChI is InChI=1S/C14H17FN2O2/c1-10-14(18,2-3-19-10)9-17-8-12-4-11(7-16)5-13(15)6-12/h4-6,10,17-18H,2-3,8-9H2,1H3. The predicted molar refractivity (Wildman–Crippen MR) is 67.8 cm³/mol. The summed E-state index contributed by atoms with van der Waals surface area (Å²) in [5.41, 5.74) is 0.116. The highest BCUT2D eigenvalue weighted by Gasteiger charge is 2.38. The second kappa shape index (κ2) is 5.66. The predicted octanol–water partition coefficient (Wildman–Crippen LogP) is 1.33. The number of nitriles is 1. The van der Waals surface area contributed by atoms with E-state index in [0.717, 1.165) is 0 Å². The summed E-state index contributed by atoms with van der Waals surface area (Å²) < 4.78 is 18.6. The largest absolute Gasteiger partial charge is 0.386 e. The molecule has 1 aliphatic rings. The molecule has 0 saturated carbocycles. The lowest BCUT2D eigenvalue weighted by Gasteiger charge is -2.26. The summed E-state index contributed by atoms with van der Waals surface area (Å²) in [6.07, 6.45) is 0.385. The molecule has 2 rings (SSSR count). The van der Waals surface area contributed by atoms with Crippen molar-refractivity contribution in [1.29, 1.82) is 5.26 Å². The van der Waals surface area contributed by atoms with E-state index in [1.165, 1.54) is 12.1 Å². The van der Waals surface area contributed by atoms with Gasteiger partial charge in [-0.05, 0) is 30.7 Å². The van der Waals surface area contributed by atoms with Crippen LogP contribution in [0.2, 0.25) is 0 Å². The van der Waals surface area contributed by atoms with Gasteiger partial charge in [0.1, 0.15) is 11.4 Å². The maximum absolute atomic E-state index is 13.2. The van der Waals surface area contributed by atoms with Crippen LogP contribution in [0.3, 0.4) is 0 Å². The van der Waals surface area contributed by atoms with E-state index < -0.39 is 11.4 Å². The summed E-state index contributed by atoms with van der Waals surface area (Å²) in [6, 6.07) is 6.13. The molecule has 2 atom stereocenters. The van der Waals surface area contributed by atoms with Gasteiger partial charge >= 0.3 is 0 Å². The Labute approximate surface area is 111 Å². The van der Waals surface area contributed by atoms with Crippen molar-refractivity contribution in [2.75, 3.05) is 13.2 Å². The highest BCUT2D eigenvalue weighted by molar-refractivity contribution is 5.33. The Bertz CT molecular complexity index is 501. The Morgan fingerprint density at radius 2 is 2.37 bits per heavy atom. The van der Waals surface area contributed by atoms with Crippen molar-refractivity contribution in [2.24, 2.45) is 0 Å². The van der Waals surface area contributed by atoms with Crippen molar-refractivity contribution >= 4 is 0 Å². The summed E-state index contributed by atoms with van der Waals surface area (Å²) in [7, 11) is 0. The zero-order valence-electron chi connectivity index (χ0n) is 10.8. The molecule has 0 aromatic heterocycles. The highest BCUT2D eigenvalue weighted by atomic mass is 19.1. The maximum Gasteiger partial charge on any atom is 0.124 e. The van der Waals surface area contributed by atoms with Crippen LogP contribution in [-0.4, -0.2) is 30.0 Å². The van der Waals surface area contributed by atoms with Crippen molar-refractivity contribution in [3.05, 3.63) is 35.1 Å². The van der Waals surface area contributed by atoms with E-state index in [1.54, 1.807) is 6.07 Å². The van der Waals surface area contributed by atoms with Gasteiger partial charge in [0.05, 0.1) is 17.7 Å². The van der Waals surface area contributed by atoms with Crippen LogP contribution in [-0.2, 0) is 11.3 Å². The molecule has 0 radical (unpaired) electrons. The van der Waals surface area contributed by atoms with Crippen LogP contribution in [0.25, 0.3) is 0 Å². The van der Waals surface area contributed by atoms with Gasteiger partial charge in [-0.15, -0.1) is 0 Å². The van der Waals surface area contributed by atoms with Crippen molar-refractivity contribution < 1.29 is 14.2 Å². The number of rotatable bonds is 4. The normalized spacial score (nSPS) is 26.3. The molecule has 1 aromatic carbocycles. The molecule has 1 fully saturated rings. The number of hydrogen-bond donors (Lipinski definition) is 2. The minimum Gasteiger partial charge on any atom is -0.386 e. The third-order valence-electron chi connectivity index (χ3n) is 3.51. The maximum atomic E-state index is 13.2. The smallest absolute Gasteiger partial charge is 0.124 e. The van der Waals surface area contributed by atoms with E-state index in [-0.39, 0.29) is 6.10 Å². The van der Waals surface area contributed by atoms with Gasteiger partial charge < -0.3 is 15.2 Å². The second-order valence-electron chi connectivity index (χ2n) is 4.93. The first-order valence-corrected chi connectivity index (χ1v) is 6.28. The number of halogens is 1. The average molecular weight is 264 g/mol. The molecule has 0 spiro atoms. The van der Waals surface area contributed by atoms with Crippen LogP contribution in [0.4, 0.5) is 4.39 Å². The molecule has 1 heterocycles. The van der Waals surface area contributed by atoms with E-state index in [1.807, 2.05) is 13.0 Å². The fraction of sp³-hybridized carbons (Fsp3) is 0.500. The molecule has 0 bridgehead atoms. The van der Waals surface area contributed by atoms with Gasteiger partial charge in [-0.2, -0.15) is 5.26 Å². The van der Waals surface area contributed by atoms with E-state index in [4.69, 9.17) is 10.00 Å². The summed E-state index contributed by atoms with van der Waals surface area (Å²) in [5, 5.41) is 22.1. The van der Waals surface area contributed by atoms with Gasteiger partial charge in [0, 0.05) is 26.1 Å². The molecule has 5 heteroatoms. The van der Waals surface area contributed by atoms with Gasteiger partial charge in [0.25, 0.3) is 0 Å². The lowest BCUT2D eigenvalue weighted by Crippen LogP contribution is -2.45. The van der Waals surface area contributed by atoms with Crippen LogP contribution in [0.1, 0.15) is 24.5 Å². The minimum absolute atomic E-state index is 0.206. The third-order valence-corrected chi connectivity index (χ3v) is 3.51. The Hall–Kier alpha value is -1.48. The molecule has 1 aromatic rings. The number of benzene rings is 1. The van der Waals surface area contributed by atoms with Gasteiger partial charge in [-0.1, -0.05) is 0 Å². The van der Waals surface area contributed by atoms with E-state index in [2.05, 4.69) is 5.32 Å². The molecule has 1 aliphatic heterocycles. The van der Waals surface area contributed by atoms with Crippen molar-refractivity contribution in [3.8, 4) is 6.07 Å². The molecule has 1 saturated heterocycles. The first-order chi connectivity index (χ1) is 9.03. The van der Waals surface area contributed by atoms with Gasteiger partial charge in [0.2, 0.25) is 0 Å². The van der Waals surface area contributed by atoms with E-state index in [9.17, 15) is 9.50 Å². The number of hydrogen-bond acceptors (Lipinski definition) is 4. The van der Waals surface area contributed by atoms with Crippen LogP contribution in [0.15, 0.2) is 18.2 Å². The van der Waals surface area contributed by atoms with E-state index in [0.29, 0.717) is 37.2 Å². The van der Waals surface area contributed by atoms with Crippen molar-refractivity contribution in [1.82, 2.24) is 5.32 Å². The first kappa shape index (κ1) is 13.9. The third kappa shape index (κ3) is 3.29. The molecule has 0 amide bonds. The topological polar surface area (TPSA) is 65.3 Å². The fourth-order valence-electron chi connectivity index (χ4n) is 2.24. The Morgan fingerprint density at radius 3 is 3.00 bits per heavy atom. The summed E-state index contributed by atoms with van der Waals surface area (Å²) in [5.74, 6) is -0.424. The van der Waals surface area contributed by atoms with Crippen molar-refractivity contribution in [3.63, 3.8) is 0 Å². The first-order valence-electron chi connectivity index (χ1n) is 6.28. The van der Waals surface area contributed by atoms with Gasteiger partial charge in [0.15, 0.2) is 0 Å². The lowest BCUT2D eigenvalue weighted by molar-refractivity contribution is -0.0262. The molecule has 102 valence electrons. The zero-order chi connectivity index (χ0) is 13.9. The SMILES string of the molecule is CC1OCCC1(O)CNCc1cc(F)cc(C#N)c1. The molecule has 0 aliphatic carbocycles. The quantitative estimate of drug-likeness (QED) is 0.861. The molecular formula is C14H17FN2O2. The second-order valence-corrected chi connectivity index (χ2v) is 4.93. The Kier molecular flexibility index (Phi) is 4.15. The Balaban J connectivity index is 1.93. The number of aliphatic hydroxyl groups is 1. The molecule has 19 heavy (non-hydrogen) atoms. The monoisotopic (exact) mass is 264 g/mol. The summed E-state index contributed by atoms with van der Waals surface area (Å²) >= 11 is 0. The average Bonchev–Trinajstić information content (AvgIpc) is 2.69. The molecular weight excluding hydrogens is 247 g/mol. The number of nitrogens with zero attached hydrogens (tertiary/aromatic N) is 1. The van der Waals surface area contributed by atoms with E-state index >= 15 is 0 Å². The fourth-order valence-corrected chi connectivity index (χ4v) is 2.24. The molecule has 4 nitrogen and oxygen atoms in total. The van der Waals surface area contributed by atoms with Gasteiger partial charge in [-0.3, -0.25) is 0 Å². The summed E-state index contributed by atoms with van der Waals surface area (Å²) in [4.78, 5) is 0. The zero-order valence-corrected chi connectivity index (χ0v) is 10.8. The van der Waals surface area contributed by atoms with Crippen LogP contribution >= 0.6 is 0 Å². The lowest BCUT2D eigenvalue weighted by atomic mass is 9.96. The highest BCUT2D eigenvalue weighted by Crippen LogP contribution is 2.24. The van der Waals surface area contributed by atoms with Crippen LogP contribution < -0.4 is 5.32 Å².